The molecule has 0 radical (unpaired) electrons. The summed E-state index contributed by atoms with van der Waals surface area (Å²) in [5.74, 6) is -0.245. The predicted molar refractivity (Wildman–Crippen MR) is 87.8 cm³/mol. The van der Waals surface area contributed by atoms with E-state index in [1.54, 1.807) is 0 Å². The molecule has 2 heterocycles. The zero-order valence-corrected chi connectivity index (χ0v) is 14.7. The van der Waals surface area contributed by atoms with Crippen LogP contribution in [-0.2, 0) is 28.5 Å². The van der Waals surface area contributed by atoms with Crippen LogP contribution < -0.4 is 0 Å². The molecule has 25 heavy (non-hydrogen) atoms. The van der Waals surface area contributed by atoms with Crippen LogP contribution in [0.25, 0.3) is 0 Å². The first-order valence-corrected chi connectivity index (χ1v) is 9.85. The maximum Gasteiger partial charge on any atom is 0.309 e. The van der Waals surface area contributed by atoms with E-state index in [2.05, 4.69) is 0 Å². The summed E-state index contributed by atoms with van der Waals surface area (Å²) in [7, 11) is 0. The average Bonchev–Trinajstić information content (AvgIpc) is 3.49. The third-order valence-electron chi connectivity index (χ3n) is 5.98. The third-order valence-corrected chi connectivity index (χ3v) is 5.98. The first kappa shape index (κ1) is 17.3. The molecule has 6 unspecified atom stereocenters. The Bertz CT molecular complexity index is 506. The fourth-order valence-electron chi connectivity index (χ4n) is 4.26. The monoisotopic (exact) mass is 352 g/mol. The van der Waals surface area contributed by atoms with Crippen LogP contribution in [0.1, 0.15) is 57.8 Å². The maximum atomic E-state index is 12.2. The molecular weight excluding hydrogens is 324 g/mol. The standard InChI is InChI=1S/C19H28O6/c20-18(12-3-1-4-14-15(24-14)7-5-12)22-9-2-10-23-19(21)13-6-8-16-17(11-13)25-16/h12-17H,1-11H2. The molecule has 6 nitrogen and oxygen atoms in total. The second-order valence-corrected chi connectivity index (χ2v) is 7.83. The Morgan fingerprint density at radius 2 is 1.32 bits per heavy atom. The molecule has 140 valence electrons. The molecule has 6 heteroatoms. The van der Waals surface area contributed by atoms with E-state index in [-0.39, 0.29) is 29.9 Å². The van der Waals surface area contributed by atoms with E-state index in [9.17, 15) is 9.59 Å². The minimum absolute atomic E-state index is 0.00132. The molecule has 0 spiro atoms. The van der Waals surface area contributed by atoms with E-state index in [0.29, 0.717) is 37.9 Å². The molecule has 0 N–H and O–H groups in total. The molecule has 0 aromatic carbocycles. The Kier molecular flexibility index (Phi) is 5.27. The van der Waals surface area contributed by atoms with Crippen LogP contribution >= 0.6 is 0 Å². The van der Waals surface area contributed by atoms with Crippen LogP contribution in [0.15, 0.2) is 0 Å². The van der Waals surface area contributed by atoms with Crippen molar-refractivity contribution in [3.8, 4) is 0 Å². The van der Waals surface area contributed by atoms with Gasteiger partial charge in [-0.15, -0.1) is 0 Å². The van der Waals surface area contributed by atoms with Crippen molar-refractivity contribution in [1.82, 2.24) is 0 Å². The van der Waals surface area contributed by atoms with Gasteiger partial charge in [-0.3, -0.25) is 9.59 Å². The van der Waals surface area contributed by atoms with Crippen LogP contribution in [0.3, 0.4) is 0 Å². The zero-order chi connectivity index (χ0) is 17.2. The van der Waals surface area contributed by atoms with Gasteiger partial charge < -0.3 is 18.9 Å². The number of carbonyl (C=O) groups excluding carboxylic acids is 2. The molecule has 0 aromatic heterocycles. The molecule has 2 aliphatic heterocycles. The Balaban J connectivity index is 1.07. The predicted octanol–water partition coefficient (Wildman–Crippen LogP) is 2.38. The second kappa shape index (κ2) is 7.62. The van der Waals surface area contributed by atoms with E-state index >= 15 is 0 Å². The first-order chi connectivity index (χ1) is 12.2. The average molecular weight is 352 g/mol. The van der Waals surface area contributed by atoms with Crippen molar-refractivity contribution in [2.24, 2.45) is 11.8 Å². The maximum absolute atomic E-state index is 12.2. The van der Waals surface area contributed by atoms with Gasteiger partial charge >= 0.3 is 11.9 Å². The third kappa shape index (κ3) is 4.53. The minimum Gasteiger partial charge on any atom is -0.465 e. The van der Waals surface area contributed by atoms with E-state index < -0.39 is 0 Å². The highest BCUT2D eigenvalue weighted by molar-refractivity contribution is 5.73. The summed E-state index contributed by atoms with van der Waals surface area (Å²) in [6, 6.07) is 0. The van der Waals surface area contributed by atoms with Crippen LogP contribution in [0, 0.1) is 11.8 Å². The van der Waals surface area contributed by atoms with Crippen molar-refractivity contribution in [2.75, 3.05) is 13.2 Å². The summed E-state index contributed by atoms with van der Waals surface area (Å²) in [6.45, 7) is 0.642. The van der Waals surface area contributed by atoms with Crippen molar-refractivity contribution in [1.29, 1.82) is 0 Å². The fourth-order valence-corrected chi connectivity index (χ4v) is 4.26. The summed E-state index contributed by atoms with van der Waals surface area (Å²) in [5.41, 5.74) is 0. The lowest BCUT2D eigenvalue weighted by atomic mass is 9.89. The minimum atomic E-state index is -0.126. The van der Waals surface area contributed by atoms with Crippen LogP contribution in [0.2, 0.25) is 0 Å². The number of hydrogen-bond acceptors (Lipinski definition) is 6. The zero-order valence-electron chi connectivity index (χ0n) is 14.7. The second-order valence-electron chi connectivity index (χ2n) is 7.83. The lowest BCUT2D eigenvalue weighted by molar-refractivity contribution is -0.152. The normalized spacial score (nSPS) is 39.2. The van der Waals surface area contributed by atoms with Crippen molar-refractivity contribution >= 4 is 11.9 Å². The number of epoxide rings is 2. The van der Waals surface area contributed by atoms with Gasteiger partial charge in [0.15, 0.2) is 0 Å². The molecule has 0 aromatic rings. The van der Waals surface area contributed by atoms with Gasteiger partial charge in [-0.05, 0) is 51.4 Å². The van der Waals surface area contributed by atoms with Crippen LogP contribution in [0.4, 0.5) is 0 Å². The van der Waals surface area contributed by atoms with Crippen molar-refractivity contribution < 1.29 is 28.5 Å². The number of ether oxygens (including phenoxy) is 4. The van der Waals surface area contributed by atoms with Gasteiger partial charge in [-0.2, -0.15) is 0 Å². The summed E-state index contributed by atoms with van der Waals surface area (Å²) in [4.78, 5) is 24.2. The highest BCUT2D eigenvalue weighted by Gasteiger charge is 2.46. The van der Waals surface area contributed by atoms with Crippen LogP contribution in [-0.4, -0.2) is 49.6 Å². The molecule has 0 bridgehead atoms. The van der Waals surface area contributed by atoms with E-state index in [1.165, 1.54) is 0 Å². The Morgan fingerprint density at radius 3 is 2.12 bits per heavy atom. The lowest BCUT2D eigenvalue weighted by Gasteiger charge is -2.18. The number of rotatable bonds is 6. The number of hydrogen-bond donors (Lipinski definition) is 0. The molecule has 6 atom stereocenters. The molecular formula is C19H28O6. The van der Waals surface area contributed by atoms with Gasteiger partial charge in [-0.25, -0.2) is 0 Å². The van der Waals surface area contributed by atoms with Gasteiger partial charge in [0.05, 0.1) is 49.5 Å². The summed E-state index contributed by atoms with van der Waals surface area (Å²) >= 11 is 0. The quantitative estimate of drug-likeness (QED) is 0.415. The van der Waals surface area contributed by atoms with Crippen molar-refractivity contribution in [2.45, 2.75) is 82.2 Å². The van der Waals surface area contributed by atoms with Gasteiger partial charge in [-0.1, -0.05) is 0 Å². The molecule has 4 aliphatic rings. The lowest BCUT2D eigenvalue weighted by Crippen LogP contribution is -2.25. The molecule has 2 aliphatic carbocycles. The smallest absolute Gasteiger partial charge is 0.309 e. The molecule has 2 saturated carbocycles. The van der Waals surface area contributed by atoms with Gasteiger partial charge in [0.25, 0.3) is 0 Å². The first-order valence-electron chi connectivity index (χ1n) is 9.85. The SMILES string of the molecule is O=C(OCCCOC(=O)C1CCC2OC2C1)C1CCCC2OC2CC1. The molecule has 0 amide bonds. The van der Waals surface area contributed by atoms with E-state index in [1.807, 2.05) is 0 Å². The summed E-state index contributed by atoms with van der Waals surface area (Å²) in [5, 5.41) is 0. The highest BCUT2D eigenvalue weighted by atomic mass is 16.6. The highest BCUT2D eigenvalue weighted by Crippen LogP contribution is 2.39. The van der Waals surface area contributed by atoms with E-state index in [4.69, 9.17) is 18.9 Å². The van der Waals surface area contributed by atoms with Crippen molar-refractivity contribution in [3.63, 3.8) is 0 Å². The number of esters is 2. The topological polar surface area (TPSA) is 77.7 Å². The molecule has 4 rings (SSSR count). The number of carbonyl (C=O) groups is 2. The largest absolute Gasteiger partial charge is 0.465 e. The number of fused-ring (bicyclic) bond motifs is 2. The van der Waals surface area contributed by atoms with Gasteiger partial charge in [0.2, 0.25) is 0 Å². The molecule has 4 fully saturated rings. The summed E-state index contributed by atoms with van der Waals surface area (Å²) in [6.07, 6.45) is 9.53. The Labute approximate surface area is 148 Å². The van der Waals surface area contributed by atoms with Gasteiger partial charge in [0, 0.05) is 6.42 Å². The van der Waals surface area contributed by atoms with Crippen LogP contribution in [0.5, 0.6) is 0 Å². The van der Waals surface area contributed by atoms with Crippen molar-refractivity contribution in [3.05, 3.63) is 0 Å². The van der Waals surface area contributed by atoms with E-state index in [0.717, 1.165) is 51.4 Å². The van der Waals surface area contributed by atoms with Gasteiger partial charge in [0.1, 0.15) is 0 Å². The molecule has 2 saturated heterocycles. The Morgan fingerprint density at radius 1 is 0.720 bits per heavy atom. The fraction of sp³-hybridized carbons (Fsp3) is 0.895. The summed E-state index contributed by atoms with van der Waals surface area (Å²) < 4.78 is 21.7. The Hall–Kier alpha value is -1.14.